The van der Waals surface area contributed by atoms with Crippen molar-refractivity contribution in [1.82, 2.24) is 15.5 Å². The van der Waals surface area contributed by atoms with Crippen LogP contribution in [-0.4, -0.2) is 55.2 Å². The summed E-state index contributed by atoms with van der Waals surface area (Å²) < 4.78 is 0. The first kappa shape index (κ1) is 12.2. The molecule has 2 heterocycles. The molecule has 0 aromatic carbocycles. The summed E-state index contributed by atoms with van der Waals surface area (Å²) in [7, 11) is 1.98. The minimum absolute atomic E-state index is 0.0679. The van der Waals surface area contributed by atoms with Gasteiger partial charge in [0.25, 0.3) is 0 Å². The molecule has 2 fully saturated rings. The number of carbonyl (C=O) groups excluding carboxylic acids is 1. The molecule has 0 aromatic heterocycles. The molecule has 0 radical (unpaired) electrons. The summed E-state index contributed by atoms with van der Waals surface area (Å²) >= 11 is 1.81. The number of amides is 1. The molecule has 16 heavy (non-hydrogen) atoms. The van der Waals surface area contributed by atoms with Crippen LogP contribution in [0.4, 0.5) is 0 Å². The van der Waals surface area contributed by atoms with Gasteiger partial charge in [0.2, 0.25) is 5.91 Å². The summed E-state index contributed by atoms with van der Waals surface area (Å²) in [5.41, 5.74) is 0. The molecule has 2 aliphatic heterocycles. The Morgan fingerprint density at radius 1 is 1.62 bits per heavy atom. The van der Waals surface area contributed by atoms with E-state index < -0.39 is 0 Å². The average molecular weight is 243 g/mol. The molecule has 4 nitrogen and oxygen atoms in total. The Labute approximate surface area is 102 Å². The van der Waals surface area contributed by atoms with E-state index in [1.54, 1.807) is 0 Å². The fourth-order valence-electron chi connectivity index (χ4n) is 2.49. The molecular weight excluding hydrogens is 222 g/mol. The van der Waals surface area contributed by atoms with Crippen molar-refractivity contribution >= 4 is 17.7 Å². The first-order chi connectivity index (χ1) is 7.81. The van der Waals surface area contributed by atoms with Crippen molar-refractivity contribution in [2.45, 2.75) is 18.9 Å². The van der Waals surface area contributed by atoms with Crippen molar-refractivity contribution in [1.29, 1.82) is 0 Å². The predicted molar refractivity (Wildman–Crippen MR) is 67.5 cm³/mol. The summed E-state index contributed by atoms with van der Waals surface area (Å²) in [5.74, 6) is 2.80. The van der Waals surface area contributed by atoms with Crippen molar-refractivity contribution in [3.63, 3.8) is 0 Å². The van der Waals surface area contributed by atoms with Crippen LogP contribution < -0.4 is 10.6 Å². The Kier molecular flexibility index (Phi) is 4.49. The summed E-state index contributed by atoms with van der Waals surface area (Å²) in [6.45, 7) is 2.90. The molecular formula is C11H21N3OS. The molecule has 0 aliphatic carbocycles. The zero-order valence-electron chi connectivity index (χ0n) is 9.87. The molecule has 0 aromatic rings. The zero-order valence-corrected chi connectivity index (χ0v) is 10.7. The molecule has 0 bridgehead atoms. The zero-order chi connectivity index (χ0) is 11.4. The van der Waals surface area contributed by atoms with Gasteiger partial charge in [0, 0.05) is 24.7 Å². The van der Waals surface area contributed by atoms with Gasteiger partial charge in [-0.25, -0.2) is 0 Å². The lowest BCUT2D eigenvalue weighted by molar-refractivity contribution is -0.134. The lowest BCUT2D eigenvalue weighted by atomic mass is 9.97. The molecule has 2 N–H and O–H groups in total. The highest BCUT2D eigenvalue weighted by Gasteiger charge is 2.30. The van der Waals surface area contributed by atoms with Gasteiger partial charge in [0.05, 0.1) is 6.04 Å². The van der Waals surface area contributed by atoms with Crippen LogP contribution >= 0.6 is 11.8 Å². The Hall–Kier alpha value is -0.260. The van der Waals surface area contributed by atoms with Crippen molar-refractivity contribution in [2.75, 3.05) is 38.3 Å². The second kappa shape index (κ2) is 5.89. The van der Waals surface area contributed by atoms with Gasteiger partial charge in [-0.3, -0.25) is 10.1 Å². The number of carbonyl (C=O) groups is 1. The molecule has 5 heteroatoms. The third-order valence-electron chi connectivity index (χ3n) is 3.34. The van der Waals surface area contributed by atoms with Gasteiger partial charge in [0.1, 0.15) is 0 Å². The third-order valence-corrected chi connectivity index (χ3v) is 4.28. The number of piperidine rings is 1. The van der Waals surface area contributed by atoms with E-state index in [1.807, 2.05) is 18.8 Å². The minimum atomic E-state index is 0.0679. The fourth-order valence-corrected chi connectivity index (χ4v) is 3.43. The SMILES string of the molecule is CNCC1CCCN(C(=O)[C@H]2CSCN2)C1. The van der Waals surface area contributed by atoms with Crippen molar-refractivity contribution < 1.29 is 4.79 Å². The molecule has 92 valence electrons. The van der Waals surface area contributed by atoms with Crippen LogP contribution in [0.25, 0.3) is 0 Å². The van der Waals surface area contributed by atoms with Gasteiger partial charge < -0.3 is 10.2 Å². The van der Waals surface area contributed by atoms with Gasteiger partial charge in [-0.05, 0) is 32.4 Å². The topological polar surface area (TPSA) is 44.4 Å². The number of hydrogen-bond acceptors (Lipinski definition) is 4. The van der Waals surface area contributed by atoms with Gasteiger partial charge >= 0.3 is 0 Å². The Balaban J connectivity index is 1.85. The molecule has 1 amide bonds. The first-order valence-electron chi connectivity index (χ1n) is 6.05. The van der Waals surface area contributed by atoms with Crippen molar-refractivity contribution in [2.24, 2.45) is 5.92 Å². The minimum Gasteiger partial charge on any atom is -0.341 e. The van der Waals surface area contributed by atoms with E-state index in [2.05, 4.69) is 15.5 Å². The van der Waals surface area contributed by atoms with Gasteiger partial charge in [-0.15, -0.1) is 11.8 Å². The van der Waals surface area contributed by atoms with Crippen LogP contribution in [0.15, 0.2) is 0 Å². The van der Waals surface area contributed by atoms with Gasteiger partial charge in [0.15, 0.2) is 0 Å². The second-order valence-corrected chi connectivity index (χ2v) is 5.65. The van der Waals surface area contributed by atoms with E-state index >= 15 is 0 Å². The van der Waals surface area contributed by atoms with Crippen molar-refractivity contribution in [3.05, 3.63) is 0 Å². The van der Waals surface area contributed by atoms with Crippen LogP contribution in [0, 0.1) is 5.92 Å². The molecule has 0 saturated carbocycles. The highest BCUT2D eigenvalue weighted by atomic mass is 32.2. The standard InChI is InChI=1S/C11H21N3OS/c1-12-5-9-3-2-4-14(6-9)11(15)10-7-16-8-13-10/h9-10,12-13H,2-8H2,1H3/t9?,10-/m1/s1. The number of rotatable bonds is 3. The fraction of sp³-hybridized carbons (Fsp3) is 0.909. The lowest BCUT2D eigenvalue weighted by Crippen LogP contribution is -2.49. The normalized spacial score (nSPS) is 30.7. The van der Waals surface area contributed by atoms with Gasteiger partial charge in [-0.1, -0.05) is 0 Å². The smallest absolute Gasteiger partial charge is 0.240 e. The van der Waals surface area contributed by atoms with E-state index in [-0.39, 0.29) is 6.04 Å². The maximum absolute atomic E-state index is 12.2. The predicted octanol–water partition coefficient (Wildman–Crippen LogP) is 0.107. The van der Waals surface area contributed by atoms with E-state index in [0.717, 1.165) is 37.7 Å². The van der Waals surface area contributed by atoms with E-state index in [0.29, 0.717) is 11.8 Å². The lowest BCUT2D eigenvalue weighted by Gasteiger charge is -2.34. The van der Waals surface area contributed by atoms with E-state index in [1.165, 1.54) is 6.42 Å². The second-order valence-electron chi connectivity index (χ2n) is 4.62. The van der Waals surface area contributed by atoms with Gasteiger partial charge in [-0.2, -0.15) is 0 Å². The number of thioether (sulfide) groups is 1. The highest BCUT2D eigenvalue weighted by Crippen LogP contribution is 2.19. The van der Waals surface area contributed by atoms with Crippen LogP contribution in [0.1, 0.15) is 12.8 Å². The molecule has 1 unspecified atom stereocenters. The largest absolute Gasteiger partial charge is 0.341 e. The first-order valence-corrected chi connectivity index (χ1v) is 7.21. The number of nitrogens with zero attached hydrogens (tertiary/aromatic N) is 1. The Bertz CT molecular complexity index is 241. The summed E-state index contributed by atoms with van der Waals surface area (Å²) in [5, 5.41) is 6.47. The van der Waals surface area contributed by atoms with E-state index in [9.17, 15) is 4.79 Å². The molecule has 2 rings (SSSR count). The summed E-state index contributed by atoms with van der Waals surface area (Å²) in [6, 6.07) is 0.0679. The molecule has 2 saturated heterocycles. The monoisotopic (exact) mass is 243 g/mol. The van der Waals surface area contributed by atoms with Crippen LogP contribution in [0.2, 0.25) is 0 Å². The molecule has 0 spiro atoms. The maximum atomic E-state index is 12.2. The maximum Gasteiger partial charge on any atom is 0.240 e. The molecule has 2 atom stereocenters. The summed E-state index contributed by atoms with van der Waals surface area (Å²) in [6.07, 6.45) is 2.40. The number of nitrogens with one attached hydrogen (secondary N) is 2. The van der Waals surface area contributed by atoms with E-state index in [4.69, 9.17) is 0 Å². The number of likely N-dealkylation sites (tertiary alicyclic amines) is 1. The van der Waals surface area contributed by atoms with Crippen LogP contribution in [0.3, 0.4) is 0 Å². The summed E-state index contributed by atoms with van der Waals surface area (Å²) in [4.78, 5) is 14.2. The number of hydrogen-bond donors (Lipinski definition) is 2. The van der Waals surface area contributed by atoms with Crippen molar-refractivity contribution in [3.8, 4) is 0 Å². The average Bonchev–Trinajstić information content (AvgIpc) is 2.82. The third kappa shape index (κ3) is 2.90. The van der Waals surface area contributed by atoms with Crippen LogP contribution in [0.5, 0.6) is 0 Å². The quantitative estimate of drug-likeness (QED) is 0.738. The van der Waals surface area contributed by atoms with Crippen LogP contribution in [-0.2, 0) is 4.79 Å². The molecule has 2 aliphatic rings. The highest BCUT2D eigenvalue weighted by molar-refractivity contribution is 7.99. The Morgan fingerprint density at radius 2 is 2.50 bits per heavy atom. The Morgan fingerprint density at radius 3 is 3.19 bits per heavy atom.